The Morgan fingerprint density at radius 3 is 2.33 bits per heavy atom. The van der Waals surface area contributed by atoms with E-state index >= 15 is 0 Å². The summed E-state index contributed by atoms with van der Waals surface area (Å²) < 4.78 is 1.54. The van der Waals surface area contributed by atoms with Gasteiger partial charge in [-0.2, -0.15) is 17.3 Å². The molecule has 0 unspecified atom stereocenters. The van der Waals surface area contributed by atoms with Crippen molar-refractivity contribution in [2.45, 2.75) is 51.5 Å². The number of nitrogens with zero attached hydrogens (tertiary/aromatic N) is 4. The fourth-order valence-corrected chi connectivity index (χ4v) is 1.97. The summed E-state index contributed by atoms with van der Waals surface area (Å²) in [6.07, 6.45) is 9.75. The van der Waals surface area contributed by atoms with E-state index in [4.69, 9.17) is 0 Å². The predicted octanol–water partition coefficient (Wildman–Crippen LogP) is 2.85. The molecule has 0 fully saturated rings. The molecule has 0 saturated heterocycles. The van der Waals surface area contributed by atoms with E-state index < -0.39 is 4.92 Å². The Morgan fingerprint density at radius 2 is 1.78 bits per heavy atom. The van der Waals surface area contributed by atoms with Crippen molar-refractivity contribution in [3.63, 3.8) is 0 Å². The van der Waals surface area contributed by atoms with Crippen LogP contribution in [-0.4, -0.2) is 25.4 Å². The van der Waals surface area contributed by atoms with Gasteiger partial charge in [0.15, 0.2) is 0 Å². The predicted molar refractivity (Wildman–Crippen MR) is 72.8 cm³/mol. The third kappa shape index (κ3) is 6.00. The lowest BCUT2D eigenvalue weighted by molar-refractivity contribution is -0.394. The molecule has 0 bridgehead atoms. The lowest BCUT2D eigenvalue weighted by Crippen LogP contribution is -1.99. The van der Waals surface area contributed by atoms with E-state index in [-0.39, 0.29) is 5.95 Å². The second-order valence-corrected chi connectivity index (χ2v) is 4.71. The van der Waals surface area contributed by atoms with E-state index in [9.17, 15) is 10.1 Å². The van der Waals surface area contributed by atoms with Gasteiger partial charge in [-0.3, -0.25) is 0 Å². The topological polar surface area (TPSA) is 73.8 Å². The molecule has 6 nitrogen and oxygen atoms in total. The van der Waals surface area contributed by atoms with Crippen molar-refractivity contribution in [2.24, 2.45) is 0 Å². The molecule has 0 radical (unpaired) electrons. The number of rotatable bonds is 10. The molecule has 0 aliphatic carbocycles. The molecule has 18 heavy (non-hydrogen) atoms. The van der Waals surface area contributed by atoms with Crippen LogP contribution in [0.2, 0.25) is 0 Å². The normalized spacial score (nSPS) is 10.7. The Labute approximate surface area is 112 Å². The van der Waals surface area contributed by atoms with Crippen LogP contribution in [0, 0.1) is 10.1 Å². The van der Waals surface area contributed by atoms with Gasteiger partial charge in [-0.25, -0.2) is 0 Å². The Balaban J connectivity index is 2.02. The highest BCUT2D eigenvalue weighted by Gasteiger charge is 2.12. The maximum atomic E-state index is 10.4. The smallest absolute Gasteiger partial charge is 0.390 e. The van der Waals surface area contributed by atoms with Crippen molar-refractivity contribution in [3.05, 3.63) is 16.4 Å². The Hall–Kier alpha value is -1.11. The average molecular weight is 272 g/mol. The van der Waals surface area contributed by atoms with E-state index in [0.717, 1.165) is 18.6 Å². The first-order chi connectivity index (χ1) is 8.74. The maximum absolute atomic E-state index is 10.4. The summed E-state index contributed by atoms with van der Waals surface area (Å²) in [5.74, 6) is 0.659. The number of hydrogen-bond acceptors (Lipinski definition) is 5. The standard InChI is InChI=1S/C11H20N4O2S/c16-15(17)11-12-10-14(13-11)8-6-4-2-1-3-5-7-9-18/h10,18H,1-9H2. The van der Waals surface area contributed by atoms with Gasteiger partial charge in [-0.15, -0.1) is 0 Å². The minimum absolute atomic E-state index is 0.318. The zero-order chi connectivity index (χ0) is 13.2. The van der Waals surface area contributed by atoms with Gasteiger partial charge in [0, 0.05) is 5.10 Å². The zero-order valence-electron chi connectivity index (χ0n) is 10.5. The Kier molecular flexibility index (Phi) is 7.40. The van der Waals surface area contributed by atoms with Crippen molar-refractivity contribution in [1.82, 2.24) is 14.8 Å². The first kappa shape index (κ1) is 14.9. The van der Waals surface area contributed by atoms with Crippen LogP contribution in [0.1, 0.15) is 44.9 Å². The van der Waals surface area contributed by atoms with Crippen molar-refractivity contribution < 1.29 is 4.92 Å². The summed E-state index contributed by atoms with van der Waals surface area (Å²) in [6, 6.07) is 0. The molecular formula is C11H20N4O2S. The van der Waals surface area contributed by atoms with Gasteiger partial charge in [-0.1, -0.05) is 37.1 Å². The lowest BCUT2D eigenvalue weighted by Gasteiger charge is -2.00. The van der Waals surface area contributed by atoms with Crippen LogP contribution < -0.4 is 0 Å². The highest BCUT2D eigenvalue weighted by Crippen LogP contribution is 2.08. The first-order valence-corrected chi connectivity index (χ1v) is 7.02. The van der Waals surface area contributed by atoms with Crippen LogP contribution in [0.15, 0.2) is 6.33 Å². The van der Waals surface area contributed by atoms with E-state index in [2.05, 4.69) is 22.7 Å². The van der Waals surface area contributed by atoms with Crippen LogP contribution in [0.25, 0.3) is 0 Å². The number of nitro groups is 1. The number of aryl methyl sites for hydroxylation is 1. The van der Waals surface area contributed by atoms with Gasteiger partial charge < -0.3 is 10.1 Å². The summed E-state index contributed by atoms with van der Waals surface area (Å²) in [6.45, 7) is 0.706. The fourth-order valence-electron chi connectivity index (χ4n) is 1.75. The third-order valence-electron chi connectivity index (χ3n) is 2.73. The quantitative estimate of drug-likeness (QED) is 0.307. The molecule has 102 valence electrons. The van der Waals surface area contributed by atoms with E-state index in [1.807, 2.05) is 0 Å². The van der Waals surface area contributed by atoms with Gasteiger partial charge in [0.1, 0.15) is 0 Å². The molecule has 1 rings (SSSR count). The number of thiol groups is 1. The monoisotopic (exact) mass is 272 g/mol. The highest BCUT2D eigenvalue weighted by molar-refractivity contribution is 7.80. The second kappa shape index (κ2) is 8.91. The molecule has 0 saturated carbocycles. The average Bonchev–Trinajstić information content (AvgIpc) is 2.81. The molecule has 1 heterocycles. The van der Waals surface area contributed by atoms with Crippen molar-refractivity contribution in [3.8, 4) is 0 Å². The molecule has 0 aromatic carbocycles. The Morgan fingerprint density at radius 1 is 1.17 bits per heavy atom. The zero-order valence-corrected chi connectivity index (χ0v) is 11.4. The number of hydrogen-bond donors (Lipinski definition) is 1. The molecule has 0 spiro atoms. The molecule has 1 aromatic rings. The molecule has 1 aromatic heterocycles. The summed E-state index contributed by atoms with van der Waals surface area (Å²) in [5, 5.41) is 14.1. The second-order valence-electron chi connectivity index (χ2n) is 4.26. The minimum atomic E-state index is -0.571. The summed E-state index contributed by atoms with van der Waals surface area (Å²) in [4.78, 5) is 13.4. The third-order valence-corrected chi connectivity index (χ3v) is 3.05. The van der Waals surface area contributed by atoms with Crippen molar-refractivity contribution in [2.75, 3.05) is 5.75 Å². The molecule has 7 heteroatoms. The summed E-state index contributed by atoms with van der Waals surface area (Å²) >= 11 is 4.17. The Bertz CT molecular complexity index is 357. The summed E-state index contributed by atoms with van der Waals surface area (Å²) in [7, 11) is 0. The summed E-state index contributed by atoms with van der Waals surface area (Å²) in [5.41, 5.74) is 0. The van der Waals surface area contributed by atoms with Crippen LogP contribution in [0.5, 0.6) is 0 Å². The fraction of sp³-hybridized carbons (Fsp3) is 0.818. The van der Waals surface area contributed by atoms with Crippen LogP contribution in [0.4, 0.5) is 5.95 Å². The molecule has 0 amide bonds. The molecule has 0 aliphatic heterocycles. The van der Waals surface area contributed by atoms with Gasteiger partial charge >= 0.3 is 5.95 Å². The molecule has 0 aliphatic rings. The minimum Gasteiger partial charge on any atom is -0.390 e. The van der Waals surface area contributed by atoms with Gasteiger partial charge in [0.25, 0.3) is 0 Å². The highest BCUT2D eigenvalue weighted by atomic mass is 32.1. The number of unbranched alkanes of at least 4 members (excludes halogenated alkanes) is 6. The van der Waals surface area contributed by atoms with Crippen molar-refractivity contribution in [1.29, 1.82) is 0 Å². The SMILES string of the molecule is O=[N+]([O-])c1ncn(CCCCCCCCCS)n1. The van der Waals surface area contributed by atoms with Crippen LogP contribution >= 0.6 is 12.6 Å². The number of aromatic nitrogens is 3. The van der Waals surface area contributed by atoms with Gasteiger partial charge in [-0.05, 0) is 23.5 Å². The van der Waals surface area contributed by atoms with Crippen molar-refractivity contribution >= 4 is 18.6 Å². The largest absolute Gasteiger partial charge is 0.490 e. The maximum Gasteiger partial charge on any atom is 0.490 e. The van der Waals surface area contributed by atoms with Gasteiger partial charge in [0.2, 0.25) is 6.33 Å². The molecule has 0 N–H and O–H groups in total. The molecular weight excluding hydrogens is 252 g/mol. The van der Waals surface area contributed by atoms with Crippen LogP contribution in [-0.2, 0) is 6.54 Å². The van der Waals surface area contributed by atoms with Crippen LogP contribution in [0.3, 0.4) is 0 Å². The lowest BCUT2D eigenvalue weighted by atomic mass is 10.1. The van der Waals surface area contributed by atoms with E-state index in [1.54, 1.807) is 4.68 Å². The van der Waals surface area contributed by atoms with E-state index in [1.165, 1.54) is 38.4 Å². The molecule has 0 atom stereocenters. The first-order valence-electron chi connectivity index (χ1n) is 6.38. The van der Waals surface area contributed by atoms with Gasteiger partial charge in [0.05, 0.1) is 6.54 Å². The van der Waals surface area contributed by atoms with E-state index in [0.29, 0.717) is 6.54 Å².